The second-order valence-electron chi connectivity index (χ2n) is 5.91. The van der Waals surface area contributed by atoms with Crippen molar-refractivity contribution in [2.24, 2.45) is 0 Å². The third-order valence-electron chi connectivity index (χ3n) is 4.11. The van der Waals surface area contributed by atoms with Crippen LogP contribution in [0.2, 0.25) is 0 Å². The van der Waals surface area contributed by atoms with Crippen LogP contribution in [0.3, 0.4) is 0 Å². The summed E-state index contributed by atoms with van der Waals surface area (Å²) < 4.78 is 5.57. The Hall–Kier alpha value is -2.04. The van der Waals surface area contributed by atoms with Crippen molar-refractivity contribution in [2.75, 3.05) is 18.1 Å². The van der Waals surface area contributed by atoms with E-state index in [-0.39, 0.29) is 24.4 Å². The number of nitrogens with one attached hydrogen (secondary N) is 1. The Balaban J connectivity index is 2.06. The lowest BCUT2D eigenvalue weighted by atomic mass is 9.95. The molecule has 0 atom stereocenters. The Morgan fingerprint density at radius 3 is 2.57 bits per heavy atom. The minimum absolute atomic E-state index is 0.0237. The number of benzene rings is 1. The van der Waals surface area contributed by atoms with Gasteiger partial charge >= 0.3 is 0 Å². The zero-order valence-corrected chi connectivity index (χ0v) is 14.0. The summed E-state index contributed by atoms with van der Waals surface area (Å²) in [5, 5.41) is 3.05. The standard InChI is InChI=1S/C18H26N2O3/c1-3-23-17-12-8-7-11-16(17)20(14(2)21)13-18(22)19-15-9-5-4-6-10-15/h7-8,11-12,15H,3-6,9-10,13H2,1-2H3,(H,19,22). The Morgan fingerprint density at radius 1 is 1.22 bits per heavy atom. The highest BCUT2D eigenvalue weighted by atomic mass is 16.5. The molecule has 2 amide bonds. The maximum absolute atomic E-state index is 12.3. The van der Waals surface area contributed by atoms with E-state index < -0.39 is 0 Å². The smallest absolute Gasteiger partial charge is 0.240 e. The first-order chi connectivity index (χ1) is 11.1. The molecule has 1 aliphatic rings. The van der Waals surface area contributed by atoms with Crippen molar-refractivity contribution >= 4 is 17.5 Å². The fourth-order valence-electron chi connectivity index (χ4n) is 2.99. The average molecular weight is 318 g/mol. The zero-order valence-electron chi connectivity index (χ0n) is 14.0. The lowest BCUT2D eigenvalue weighted by Gasteiger charge is -2.26. The molecule has 23 heavy (non-hydrogen) atoms. The second-order valence-corrected chi connectivity index (χ2v) is 5.91. The van der Waals surface area contributed by atoms with Gasteiger partial charge < -0.3 is 10.1 Å². The van der Waals surface area contributed by atoms with Crippen LogP contribution in [0.25, 0.3) is 0 Å². The normalized spacial score (nSPS) is 15.0. The number of anilines is 1. The number of carbonyl (C=O) groups is 2. The Morgan fingerprint density at radius 2 is 1.91 bits per heavy atom. The van der Waals surface area contributed by atoms with E-state index in [0.717, 1.165) is 25.7 Å². The van der Waals surface area contributed by atoms with Crippen molar-refractivity contribution in [3.8, 4) is 5.75 Å². The first-order valence-corrected chi connectivity index (χ1v) is 8.41. The molecule has 0 heterocycles. The Kier molecular flexibility index (Phi) is 6.44. The fraction of sp³-hybridized carbons (Fsp3) is 0.556. The molecule has 1 saturated carbocycles. The molecule has 1 fully saturated rings. The van der Waals surface area contributed by atoms with Gasteiger partial charge in [0.15, 0.2) is 0 Å². The molecule has 1 aromatic rings. The molecule has 1 aromatic carbocycles. The number of para-hydroxylation sites is 2. The van der Waals surface area contributed by atoms with Gasteiger partial charge in [0.25, 0.3) is 0 Å². The van der Waals surface area contributed by atoms with Gasteiger partial charge in [0.1, 0.15) is 12.3 Å². The molecule has 0 bridgehead atoms. The van der Waals surface area contributed by atoms with E-state index in [9.17, 15) is 9.59 Å². The fourth-order valence-corrected chi connectivity index (χ4v) is 2.99. The molecule has 0 radical (unpaired) electrons. The summed E-state index contributed by atoms with van der Waals surface area (Å²) in [5.74, 6) is 0.338. The van der Waals surface area contributed by atoms with Crippen molar-refractivity contribution < 1.29 is 14.3 Å². The molecule has 1 N–H and O–H groups in total. The van der Waals surface area contributed by atoms with Crippen molar-refractivity contribution in [1.82, 2.24) is 5.32 Å². The molecule has 5 heteroatoms. The van der Waals surface area contributed by atoms with E-state index in [1.165, 1.54) is 18.2 Å². The van der Waals surface area contributed by atoms with Crippen LogP contribution in [-0.2, 0) is 9.59 Å². The molecule has 0 aromatic heterocycles. The largest absolute Gasteiger partial charge is 0.492 e. The van der Waals surface area contributed by atoms with Crippen LogP contribution in [-0.4, -0.2) is 31.0 Å². The molecule has 0 saturated heterocycles. The zero-order chi connectivity index (χ0) is 16.7. The second kappa shape index (κ2) is 8.56. The molecule has 0 aliphatic heterocycles. The van der Waals surface area contributed by atoms with Gasteiger partial charge in [0, 0.05) is 13.0 Å². The van der Waals surface area contributed by atoms with Gasteiger partial charge in [-0.15, -0.1) is 0 Å². The summed E-state index contributed by atoms with van der Waals surface area (Å²) in [6, 6.07) is 7.56. The van der Waals surface area contributed by atoms with Gasteiger partial charge in [-0.05, 0) is 31.9 Å². The van der Waals surface area contributed by atoms with Gasteiger partial charge in [-0.2, -0.15) is 0 Å². The molecule has 126 valence electrons. The van der Waals surface area contributed by atoms with Crippen molar-refractivity contribution in [3.05, 3.63) is 24.3 Å². The Bertz CT molecular complexity index is 539. The minimum atomic E-state index is -0.170. The van der Waals surface area contributed by atoms with Crippen LogP contribution in [0.15, 0.2) is 24.3 Å². The first kappa shape index (κ1) is 17.3. The van der Waals surface area contributed by atoms with Gasteiger partial charge in [0.05, 0.1) is 12.3 Å². The van der Waals surface area contributed by atoms with E-state index in [4.69, 9.17) is 4.74 Å². The number of ether oxygens (including phenoxy) is 1. The highest BCUT2D eigenvalue weighted by Crippen LogP contribution is 2.28. The van der Waals surface area contributed by atoms with E-state index in [1.807, 2.05) is 25.1 Å². The van der Waals surface area contributed by atoms with Crippen molar-refractivity contribution in [1.29, 1.82) is 0 Å². The van der Waals surface area contributed by atoms with Crippen molar-refractivity contribution in [3.63, 3.8) is 0 Å². The van der Waals surface area contributed by atoms with Crippen LogP contribution in [0.1, 0.15) is 46.0 Å². The summed E-state index contributed by atoms with van der Waals surface area (Å²) >= 11 is 0. The highest BCUT2D eigenvalue weighted by molar-refractivity contribution is 5.98. The predicted molar refractivity (Wildman–Crippen MR) is 90.7 cm³/mol. The molecular formula is C18H26N2O3. The molecule has 1 aliphatic carbocycles. The highest BCUT2D eigenvalue weighted by Gasteiger charge is 2.21. The average Bonchev–Trinajstić information content (AvgIpc) is 2.54. The topological polar surface area (TPSA) is 58.6 Å². The lowest BCUT2D eigenvalue weighted by molar-refractivity contribution is -0.123. The number of nitrogens with zero attached hydrogens (tertiary/aromatic N) is 1. The summed E-state index contributed by atoms with van der Waals surface area (Å²) in [6.07, 6.45) is 5.62. The van der Waals surface area contributed by atoms with Crippen LogP contribution < -0.4 is 15.0 Å². The number of hydrogen-bond donors (Lipinski definition) is 1. The van der Waals surface area contributed by atoms with Crippen LogP contribution in [0.4, 0.5) is 5.69 Å². The third-order valence-corrected chi connectivity index (χ3v) is 4.11. The quantitative estimate of drug-likeness (QED) is 0.877. The van der Waals surface area contributed by atoms with Gasteiger partial charge in [-0.25, -0.2) is 0 Å². The van der Waals surface area contributed by atoms with E-state index in [2.05, 4.69) is 5.32 Å². The van der Waals surface area contributed by atoms with Crippen LogP contribution >= 0.6 is 0 Å². The van der Waals surface area contributed by atoms with Crippen molar-refractivity contribution in [2.45, 2.75) is 52.0 Å². The number of hydrogen-bond acceptors (Lipinski definition) is 3. The first-order valence-electron chi connectivity index (χ1n) is 8.41. The molecule has 0 spiro atoms. The third kappa shape index (κ3) is 4.98. The molecule has 5 nitrogen and oxygen atoms in total. The summed E-state index contributed by atoms with van der Waals surface area (Å²) in [5.41, 5.74) is 0.639. The molecule has 0 unspecified atom stereocenters. The minimum Gasteiger partial charge on any atom is -0.492 e. The van der Waals surface area contributed by atoms with E-state index in [0.29, 0.717) is 18.0 Å². The van der Waals surface area contributed by atoms with E-state index >= 15 is 0 Å². The number of rotatable bonds is 6. The van der Waals surface area contributed by atoms with E-state index in [1.54, 1.807) is 6.07 Å². The molecular weight excluding hydrogens is 292 g/mol. The van der Waals surface area contributed by atoms with Gasteiger partial charge in [-0.3, -0.25) is 14.5 Å². The van der Waals surface area contributed by atoms with Crippen LogP contribution in [0.5, 0.6) is 5.75 Å². The van der Waals surface area contributed by atoms with Gasteiger partial charge in [-0.1, -0.05) is 31.4 Å². The maximum Gasteiger partial charge on any atom is 0.240 e. The summed E-state index contributed by atoms with van der Waals surface area (Å²) in [4.78, 5) is 25.8. The number of carbonyl (C=O) groups excluding carboxylic acids is 2. The summed E-state index contributed by atoms with van der Waals surface area (Å²) in [7, 11) is 0. The maximum atomic E-state index is 12.3. The summed E-state index contributed by atoms with van der Waals surface area (Å²) in [6.45, 7) is 3.90. The predicted octanol–water partition coefficient (Wildman–Crippen LogP) is 2.89. The lowest BCUT2D eigenvalue weighted by Crippen LogP contribution is -2.44. The van der Waals surface area contributed by atoms with Gasteiger partial charge in [0.2, 0.25) is 11.8 Å². The number of amides is 2. The molecule has 2 rings (SSSR count). The SMILES string of the molecule is CCOc1ccccc1N(CC(=O)NC1CCCCC1)C(C)=O. The van der Waals surface area contributed by atoms with Crippen LogP contribution in [0, 0.1) is 0 Å². The Labute approximate surface area is 138 Å². The monoisotopic (exact) mass is 318 g/mol.